The van der Waals surface area contributed by atoms with Gasteiger partial charge in [-0.05, 0) is 55.9 Å². The van der Waals surface area contributed by atoms with Crippen molar-refractivity contribution in [1.82, 2.24) is 15.3 Å². The van der Waals surface area contributed by atoms with Gasteiger partial charge in [-0.2, -0.15) is 4.98 Å². The molecule has 0 aliphatic heterocycles. The minimum absolute atomic E-state index is 0.249. The summed E-state index contributed by atoms with van der Waals surface area (Å²) in [6.45, 7) is 0.443. The highest BCUT2D eigenvalue weighted by molar-refractivity contribution is 5.94. The first-order valence-electron chi connectivity index (χ1n) is 10.8. The second-order valence-corrected chi connectivity index (χ2v) is 8.46. The Hall–Kier alpha value is -3.29. The van der Waals surface area contributed by atoms with Crippen LogP contribution >= 0.6 is 0 Å². The molecule has 32 heavy (non-hydrogen) atoms. The normalized spacial score (nSPS) is 18.4. The minimum Gasteiger partial charge on any atom is -0.362 e. The molecule has 0 radical (unpaired) electrons. The van der Waals surface area contributed by atoms with Crippen LogP contribution in [0.15, 0.2) is 42.5 Å². The van der Waals surface area contributed by atoms with Gasteiger partial charge in [0.05, 0.1) is 11.1 Å². The summed E-state index contributed by atoms with van der Waals surface area (Å²) in [4.78, 5) is 23.6. The zero-order valence-corrected chi connectivity index (χ0v) is 18.2. The molecular weight excluding hydrogens is 412 g/mol. The number of carbonyl (C=O) groups excluding carboxylic acids is 1. The Kier molecular flexibility index (Phi) is 6.48. The highest BCUT2D eigenvalue weighted by atomic mass is 19.2. The van der Waals surface area contributed by atoms with E-state index in [9.17, 15) is 13.6 Å². The minimum atomic E-state index is -1.11. The number of hydrogen-bond donors (Lipinski definition) is 2. The van der Waals surface area contributed by atoms with Crippen LogP contribution in [0.2, 0.25) is 0 Å². The van der Waals surface area contributed by atoms with E-state index in [1.807, 2.05) is 43.3 Å². The third-order valence-electron chi connectivity index (χ3n) is 5.93. The van der Waals surface area contributed by atoms with Crippen molar-refractivity contribution >= 4 is 28.6 Å². The Bertz CT molecular complexity index is 1110. The molecule has 6 nitrogen and oxygen atoms in total. The van der Waals surface area contributed by atoms with E-state index in [4.69, 9.17) is 4.98 Å². The molecule has 1 aromatic heterocycles. The lowest BCUT2D eigenvalue weighted by molar-refractivity contribution is 0.0938. The largest absolute Gasteiger partial charge is 0.362 e. The molecule has 168 valence electrons. The maximum Gasteiger partial charge on any atom is 0.254 e. The lowest BCUT2D eigenvalue weighted by atomic mass is 9.86. The Balaban J connectivity index is 1.32. The fourth-order valence-electron chi connectivity index (χ4n) is 4.17. The number of anilines is 2. The fraction of sp³-hybridized carbons (Fsp3) is 0.375. The number of nitrogens with zero attached hydrogens (tertiary/aromatic N) is 3. The average Bonchev–Trinajstić information content (AvgIpc) is 2.79. The van der Waals surface area contributed by atoms with Gasteiger partial charge in [0.25, 0.3) is 5.91 Å². The van der Waals surface area contributed by atoms with E-state index in [2.05, 4.69) is 15.6 Å². The molecule has 3 aromatic rings. The molecule has 0 unspecified atom stereocenters. The molecule has 0 saturated heterocycles. The van der Waals surface area contributed by atoms with Crippen LogP contribution < -0.4 is 15.5 Å². The van der Waals surface area contributed by atoms with Crippen LogP contribution in [0, 0.1) is 17.6 Å². The number of hydrogen-bond acceptors (Lipinski definition) is 5. The summed E-state index contributed by atoms with van der Waals surface area (Å²) in [5.74, 6) is -0.917. The number of fused-ring (bicyclic) bond motifs is 1. The summed E-state index contributed by atoms with van der Waals surface area (Å²) >= 11 is 0. The SMILES string of the molecule is CN(C)c1nc(NC2CCC(CNC(=O)c3cccc(F)c3F)CC2)nc2ccccc12. The van der Waals surface area contributed by atoms with Gasteiger partial charge in [0.1, 0.15) is 5.82 Å². The lowest BCUT2D eigenvalue weighted by Gasteiger charge is -2.29. The van der Waals surface area contributed by atoms with Gasteiger partial charge in [0.15, 0.2) is 11.6 Å². The van der Waals surface area contributed by atoms with Gasteiger partial charge in [-0.15, -0.1) is 0 Å². The van der Waals surface area contributed by atoms with Crippen molar-refractivity contribution in [3.05, 3.63) is 59.7 Å². The first-order chi connectivity index (χ1) is 15.4. The smallest absolute Gasteiger partial charge is 0.254 e. The molecule has 1 aliphatic carbocycles. The molecule has 1 saturated carbocycles. The topological polar surface area (TPSA) is 70.2 Å². The molecule has 0 bridgehead atoms. The molecule has 8 heteroatoms. The number of halogens is 2. The summed E-state index contributed by atoms with van der Waals surface area (Å²) < 4.78 is 27.1. The van der Waals surface area contributed by atoms with Crippen LogP contribution in [0.3, 0.4) is 0 Å². The fourth-order valence-corrected chi connectivity index (χ4v) is 4.17. The summed E-state index contributed by atoms with van der Waals surface area (Å²) in [7, 11) is 3.93. The molecule has 2 N–H and O–H groups in total. The third kappa shape index (κ3) is 4.79. The zero-order valence-electron chi connectivity index (χ0n) is 18.2. The molecule has 1 fully saturated rings. The van der Waals surface area contributed by atoms with E-state index in [-0.39, 0.29) is 11.6 Å². The first kappa shape index (κ1) is 21.9. The second-order valence-electron chi connectivity index (χ2n) is 8.46. The van der Waals surface area contributed by atoms with Crippen molar-refractivity contribution < 1.29 is 13.6 Å². The number of para-hydroxylation sites is 1. The van der Waals surface area contributed by atoms with Gasteiger partial charge in [0.2, 0.25) is 5.95 Å². The first-order valence-corrected chi connectivity index (χ1v) is 10.8. The molecule has 0 spiro atoms. The summed E-state index contributed by atoms with van der Waals surface area (Å²) in [6.07, 6.45) is 3.67. The Morgan fingerprint density at radius 3 is 2.53 bits per heavy atom. The van der Waals surface area contributed by atoms with Crippen LogP contribution in [0.25, 0.3) is 10.9 Å². The lowest BCUT2D eigenvalue weighted by Crippen LogP contribution is -2.34. The van der Waals surface area contributed by atoms with Gasteiger partial charge in [-0.1, -0.05) is 18.2 Å². The Morgan fingerprint density at radius 2 is 1.78 bits per heavy atom. The third-order valence-corrected chi connectivity index (χ3v) is 5.93. The van der Waals surface area contributed by atoms with Crippen LogP contribution in [0.5, 0.6) is 0 Å². The Labute approximate surface area is 186 Å². The zero-order chi connectivity index (χ0) is 22.7. The van der Waals surface area contributed by atoms with Gasteiger partial charge in [-0.25, -0.2) is 13.8 Å². The van der Waals surface area contributed by atoms with Crippen LogP contribution in [0.1, 0.15) is 36.0 Å². The number of nitrogens with one attached hydrogen (secondary N) is 2. The predicted molar refractivity (Wildman–Crippen MR) is 122 cm³/mol. The molecule has 2 aromatic carbocycles. The number of aromatic nitrogens is 2. The number of amides is 1. The maximum absolute atomic E-state index is 13.8. The van der Waals surface area contributed by atoms with E-state index < -0.39 is 17.5 Å². The van der Waals surface area contributed by atoms with E-state index in [0.29, 0.717) is 18.4 Å². The van der Waals surface area contributed by atoms with E-state index in [0.717, 1.165) is 48.5 Å². The average molecular weight is 440 g/mol. The molecule has 1 aliphatic rings. The van der Waals surface area contributed by atoms with Crippen molar-refractivity contribution in [3.63, 3.8) is 0 Å². The summed E-state index contributed by atoms with van der Waals surface area (Å²) in [5.41, 5.74) is 0.639. The highest BCUT2D eigenvalue weighted by Gasteiger charge is 2.23. The summed E-state index contributed by atoms with van der Waals surface area (Å²) in [6, 6.07) is 11.8. The van der Waals surface area contributed by atoms with Gasteiger partial charge < -0.3 is 15.5 Å². The quantitative estimate of drug-likeness (QED) is 0.597. The van der Waals surface area contributed by atoms with Crippen molar-refractivity contribution in [2.75, 3.05) is 30.9 Å². The van der Waals surface area contributed by atoms with Crippen LogP contribution in [0.4, 0.5) is 20.5 Å². The second kappa shape index (κ2) is 9.46. The maximum atomic E-state index is 13.8. The van der Waals surface area contributed by atoms with Crippen molar-refractivity contribution in [1.29, 1.82) is 0 Å². The highest BCUT2D eigenvalue weighted by Crippen LogP contribution is 2.28. The molecule has 0 atom stereocenters. The van der Waals surface area contributed by atoms with Crippen LogP contribution in [-0.2, 0) is 0 Å². The molecule has 1 amide bonds. The predicted octanol–water partition coefficient (Wildman–Crippen LogP) is 4.37. The summed E-state index contributed by atoms with van der Waals surface area (Å²) in [5, 5.41) is 7.22. The Morgan fingerprint density at radius 1 is 1.03 bits per heavy atom. The standard InChI is InChI=1S/C24H27F2N5O/c1-31(2)22-17-6-3-4-9-20(17)29-24(30-22)28-16-12-10-15(11-13-16)14-27-23(32)18-7-5-8-19(25)21(18)26/h3-9,15-16H,10-14H2,1-2H3,(H,27,32)(H,28,29,30). The van der Waals surface area contributed by atoms with Gasteiger partial charge in [-0.3, -0.25) is 4.79 Å². The van der Waals surface area contributed by atoms with Crippen LogP contribution in [-0.4, -0.2) is 42.6 Å². The number of rotatable bonds is 6. The molecule has 4 rings (SSSR count). The van der Waals surface area contributed by atoms with Crippen molar-refractivity contribution in [3.8, 4) is 0 Å². The number of benzene rings is 2. The van der Waals surface area contributed by atoms with Crippen molar-refractivity contribution in [2.24, 2.45) is 5.92 Å². The molecular formula is C24H27F2N5O. The number of carbonyl (C=O) groups is 1. The van der Waals surface area contributed by atoms with Crippen molar-refractivity contribution in [2.45, 2.75) is 31.7 Å². The van der Waals surface area contributed by atoms with E-state index >= 15 is 0 Å². The van der Waals surface area contributed by atoms with Gasteiger partial charge in [0, 0.05) is 32.1 Å². The molecule has 1 heterocycles. The van der Waals surface area contributed by atoms with E-state index in [1.165, 1.54) is 12.1 Å². The monoisotopic (exact) mass is 439 g/mol. The van der Waals surface area contributed by atoms with E-state index in [1.54, 1.807) is 0 Å². The van der Waals surface area contributed by atoms with Gasteiger partial charge >= 0.3 is 0 Å².